The molecule has 1 aliphatic rings. The number of carbonyl (C=O) groups excluding carboxylic acids is 1. The molecule has 4 rings (SSSR count). The second-order valence-corrected chi connectivity index (χ2v) is 6.45. The van der Waals surface area contributed by atoms with Gasteiger partial charge in [0.1, 0.15) is 0 Å². The van der Waals surface area contributed by atoms with Crippen molar-refractivity contribution in [3.05, 3.63) is 54.5 Å². The second kappa shape index (κ2) is 7.57. The Morgan fingerprint density at radius 1 is 1.07 bits per heavy atom. The lowest BCUT2D eigenvalue weighted by molar-refractivity contribution is 0.0718. The minimum atomic E-state index is -0.0351. The molecule has 0 N–H and O–H groups in total. The predicted molar refractivity (Wildman–Crippen MR) is 101 cm³/mol. The Kier molecular flexibility index (Phi) is 4.82. The first kappa shape index (κ1) is 17.2. The Labute approximate surface area is 157 Å². The van der Waals surface area contributed by atoms with E-state index in [9.17, 15) is 4.79 Å². The molecule has 0 aliphatic carbocycles. The fourth-order valence-electron chi connectivity index (χ4n) is 3.26. The maximum absolute atomic E-state index is 12.9. The van der Waals surface area contributed by atoms with Crippen LogP contribution in [0.5, 0.6) is 5.88 Å². The lowest BCUT2D eigenvalue weighted by atomic mass is 10.1. The fourth-order valence-corrected chi connectivity index (χ4v) is 3.26. The largest absolute Gasteiger partial charge is 0.481 e. The SMILES string of the molecule is COc1ccc(-n2nc(C(=O)N3CCCCC3)cc2-c2ccccn2)cn1. The van der Waals surface area contributed by atoms with Gasteiger partial charge in [0, 0.05) is 25.4 Å². The number of hydrogen-bond donors (Lipinski definition) is 0. The predicted octanol–water partition coefficient (Wildman–Crippen LogP) is 2.96. The third-order valence-electron chi connectivity index (χ3n) is 4.67. The van der Waals surface area contributed by atoms with Crippen molar-refractivity contribution in [2.24, 2.45) is 0 Å². The summed E-state index contributed by atoms with van der Waals surface area (Å²) in [6, 6.07) is 11.1. The zero-order valence-corrected chi connectivity index (χ0v) is 15.2. The van der Waals surface area contributed by atoms with E-state index in [1.165, 1.54) is 6.42 Å². The summed E-state index contributed by atoms with van der Waals surface area (Å²) >= 11 is 0. The monoisotopic (exact) mass is 363 g/mol. The van der Waals surface area contributed by atoms with Crippen LogP contribution in [-0.4, -0.2) is 50.8 Å². The summed E-state index contributed by atoms with van der Waals surface area (Å²) in [5, 5.41) is 4.59. The number of nitrogens with zero attached hydrogens (tertiary/aromatic N) is 5. The lowest BCUT2D eigenvalue weighted by Gasteiger charge is -2.25. The average Bonchev–Trinajstić information content (AvgIpc) is 3.20. The average molecular weight is 363 g/mol. The quantitative estimate of drug-likeness (QED) is 0.712. The summed E-state index contributed by atoms with van der Waals surface area (Å²) in [5.41, 5.74) is 2.67. The molecule has 7 nitrogen and oxygen atoms in total. The van der Waals surface area contributed by atoms with Crippen LogP contribution in [0.25, 0.3) is 17.1 Å². The number of ether oxygens (including phenoxy) is 1. The van der Waals surface area contributed by atoms with E-state index in [2.05, 4.69) is 15.1 Å². The van der Waals surface area contributed by atoms with E-state index in [4.69, 9.17) is 4.74 Å². The normalized spacial score (nSPS) is 14.2. The molecule has 0 spiro atoms. The number of rotatable bonds is 4. The van der Waals surface area contributed by atoms with Gasteiger partial charge in [0.15, 0.2) is 5.69 Å². The van der Waals surface area contributed by atoms with E-state index in [-0.39, 0.29) is 5.91 Å². The molecule has 0 radical (unpaired) electrons. The van der Waals surface area contributed by atoms with Gasteiger partial charge in [-0.25, -0.2) is 9.67 Å². The zero-order valence-electron chi connectivity index (χ0n) is 15.2. The summed E-state index contributed by atoms with van der Waals surface area (Å²) in [5.74, 6) is 0.488. The molecule has 0 saturated carbocycles. The first-order valence-electron chi connectivity index (χ1n) is 9.07. The summed E-state index contributed by atoms with van der Waals surface area (Å²) < 4.78 is 6.84. The van der Waals surface area contributed by atoms with Gasteiger partial charge in [-0.05, 0) is 43.5 Å². The van der Waals surface area contributed by atoms with Crippen molar-refractivity contribution in [2.75, 3.05) is 20.2 Å². The highest BCUT2D eigenvalue weighted by atomic mass is 16.5. The molecule has 3 aromatic heterocycles. The van der Waals surface area contributed by atoms with Crippen LogP contribution < -0.4 is 4.74 Å². The van der Waals surface area contributed by atoms with Crippen molar-refractivity contribution in [1.29, 1.82) is 0 Å². The molecule has 0 bridgehead atoms. The first-order chi connectivity index (χ1) is 13.3. The van der Waals surface area contributed by atoms with Crippen LogP contribution in [0.4, 0.5) is 0 Å². The lowest BCUT2D eigenvalue weighted by Crippen LogP contribution is -2.35. The Hall–Kier alpha value is -3.22. The minimum Gasteiger partial charge on any atom is -0.481 e. The molecule has 1 aliphatic heterocycles. The highest BCUT2D eigenvalue weighted by Gasteiger charge is 2.23. The van der Waals surface area contributed by atoms with E-state index in [1.807, 2.05) is 35.2 Å². The molecule has 1 fully saturated rings. The number of likely N-dealkylation sites (tertiary alicyclic amines) is 1. The summed E-state index contributed by atoms with van der Waals surface area (Å²) in [7, 11) is 1.57. The van der Waals surface area contributed by atoms with Gasteiger partial charge < -0.3 is 9.64 Å². The van der Waals surface area contributed by atoms with Crippen molar-refractivity contribution >= 4 is 5.91 Å². The van der Waals surface area contributed by atoms with E-state index < -0.39 is 0 Å². The van der Waals surface area contributed by atoms with Crippen LogP contribution in [0.15, 0.2) is 48.8 Å². The Morgan fingerprint density at radius 3 is 2.59 bits per heavy atom. The van der Waals surface area contributed by atoms with Crippen molar-refractivity contribution in [2.45, 2.75) is 19.3 Å². The van der Waals surface area contributed by atoms with Crippen LogP contribution in [0.1, 0.15) is 29.8 Å². The standard InChI is InChI=1S/C20H21N5O2/c1-27-19-9-8-15(14-22-19)25-18(16-7-3-4-10-21-16)13-17(23-25)20(26)24-11-5-2-6-12-24/h3-4,7-10,13-14H,2,5-6,11-12H2,1H3. The van der Waals surface area contributed by atoms with Gasteiger partial charge in [0.2, 0.25) is 5.88 Å². The zero-order chi connectivity index (χ0) is 18.6. The molecule has 4 heterocycles. The van der Waals surface area contributed by atoms with Crippen LogP contribution >= 0.6 is 0 Å². The van der Waals surface area contributed by atoms with Crippen LogP contribution in [0.3, 0.4) is 0 Å². The third-order valence-corrected chi connectivity index (χ3v) is 4.67. The molecule has 138 valence electrons. The number of aromatic nitrogens is 4. The van der Waals surface area contributed by atoms with E-state index in [0.717, 1.165) is 43.0 Å². The Bertz CT molecular complexity index is 915. The van der Waals surface area contributed by atoms with Crippen LogP contribution in [-0.2, 0) is 0 Å². The number of amides is 1. The number of carbonyl (C=O) groups is 1. The molecule has 3 aromatic rings. The number of methoxy groups -OCH3 is 1. The van der Waals surface area contributed by atoms with Crippen LogP contribution in [0.2, 0.25) is 0 Å². The summed E-state index contributed by atoms with van der Waals surface area (Å²) in [4.78, 5) is 23.5. The second-order valence-electron chi connectivity index (χ2n) is 6.45. The highest BCUT2D eigenvalue weighted by Crippen LogP contribution is 2.24. The van der Waals surface area contributed by atoms with E-state index in [1.54, 1.807) is 30.3 Å². The Balaban J connectivity index is 1.75. The van der Waals surface area contributed by atoms with Crippen molar-refractivity contribution < 1.29 is 9.53 Å². The van der Waals surface area contributed by atoms with Gasteiger partial charge in [-0.15, -0.1) is 0 Å². The first-order valence-corrected chi connectivity index (χ1v) is 9.07. The third kappa shape index (κ3) is 3.53. The maximum Gasteiger partial charge on any atom is 0.274 e. The van der Waals surface area contributed by atoms with Crippen molar-refractivity contribution in [3.8, 4) is 23.0 Å². The van der Waals surface area contributed by atoms with Gasteiger partial charge in [-0.1, -0.05) is 6.07 Å². The molecule has 0 unspecified atom stereocenters. The molecule has 27 heavy (non-hydrogen) atoms. The fraction of sp³-hybridized carbons (Fsp3) is 0.300. The number of pyridine rings is 2. The molecule has 1 amide bonds. The van der Waals surface area contributed by atoms with Gasteiger partial charge in [0.25, 0.3) is 5.91 Å². The van der Waals surface area contributed by atoms with Gasteiger partial charge >= 0.3 is 0 Å². The van der Waals surface area contributed by atoms with Gasteiger partial charge in [0.05, 0.1) is 30.4 Å². The molecule has 0 aromatic carbocycles. The maximum atomic E-state index is 12.9. The van der Waals surface area contributed by atoms with E-state index in [0.29, 0.717) is 11.6 Å². The molecular weight excluding hydrogens is 342 g/mol. The highest BCUT2D eigenvalue weighted by molar-refractivity contribution is 5.93. The Morgan fingerprint density at radius 2 is 1.93 bits per heavy atom. The van der Waals surface area contributed by atoms with E-state index >= 15 is 0 Å². The minimum absolute atomic E-state index is 0.0351. The molecule has 1 saturated heterocycles. The van der Waals surface area contributed by atoms with Crippen LogP contribution in [0, 0.1) is 0 Å². The van der Waals surface area contributed by atoms with Gasteiger partial charge in [-0.2, -0.15) is 5.10 Å². The molecule has 7 heteroatoms. The van der Waals surface area contributed by atoms with Gasteiger partial charge in [-0.3, -0.25) is 9.78 Å². The molecule has 0 atom stereocenters. The molecular formula is C20H21N5O2. The number of hydrogen-bond acceptors (Lipinski definition) is 5. The number of piperidine rings is 1. The summed E-state index contributed by atoms with van der Waals surface area (Å²) in [6.07, 6.45) is 6.66. The topological polar surface area (TPSA) is 73.1 Å². The summed E-state index contributed by atoms with van der Waals surface area (Å²) in [6.45, 7) is 1.57. The van der Waals surface area contributed by atoms with Crippen molar-refractivity contribution in [1.82, 2.24) is 24.6 Å². The van der Waals surface area contributed by atoms with Crippen molar-refractivity contribution in [3.63, 3.8) is 0 Å². The smallest absolute Gasteiger partial charge is 0.274 e.